The summed E-state index contributed by atoms with van der Waals surface area (Å²) in [5.74, 6) is -3.71. The SMILES string of the molecule is C[C@@H]1C[C@@H](CC(NC(=O)c2cc(C#N)ccc2NC(=O)C23CC(F)(C2)C3)C(=O)C(=O)NC2CC2)C(=O)N1. The first-order chi connectivity index (χ1) is 17.5. The number of benzene rings is 1. The Balaban J connectivity index is 1.36. The number of ketones is 1. The van der Waals surface area contributed by atoms with Gasteiger partial charge in [0, 0.05) is 18.0 Å². The Morgan fingerprint density at radius 3 is 2.49 bits per heavy atom. The van der Waals surface area contributed by atoms with Crippen molar-refractivity contribution in [2.45, 2.75) is 75.7 Å². The van der Waals surface area contributed by atoms with Crippen molar-refractivity contribution in [2.24, 2.45) is 11.3 Å². The largest absolute Gasteiger partial charge is 0.353 e. The minimum absolute atomic E-state index is 0.0693. The summed E-state index contributed by atoms with van der Waals surface area (Å²) in [5, 5.41) is 20.0. The molecule has 194 valence electrons. The first-order valence-electron chi connectivity index (χ1n) is 12.5. The molecule has 1 unspecified atom stereocenters. The van der Waals surface area contributed by atoms with Gasteiger partial charge in [-0.25, -0.2) is 4.39 Å². The number of carbonyl (C=O) groups excluding carboxylic acids is 5. The minimum Gasteiger partial charge on any atom is -0.353 e. The standard InChI is InChI=1S/C26H28FN5O5/c1-13-6-15(21(34)29-13)8-19(20(33)23(36)30-16-3-4-16)31-22(35)17-7-14(9-28)2-5-18(17)32-24(37)25-10-26(27,11-25)12-25/h2,5,7,13,15-16,19H,3-4,6,8,10-12H2,1H3,(H,29,34)(H,30,36)(H,31,35)(H,32,37)/t13-,15+,19?,25?,26?/m1/s1. The van der Waals surface area contributed by atoms with E-state index in [2.05, 4.69) is 21.3 Å². The second-order valence-electron chi connectivity index (χ2n) is 11.0. The van der Waals surface area contributed by atoms with Crippen LogP contribution in [0.2, 0.25) is 0 Å². The molecule has 1 aliphatic heterocycles. The van der Waals surface area contributed by atoms with E-state index in [1.807, 2.05) is 13.0 Å². The van der Waals surface area contributed by atoms with Gasteiger partial charge in [0.2, 0.25) is 17.6 Å². The fourth-order valence-electron chi connectivity index (χ4n) is 5.62. The van der Waals surface area contributed by atoms with Crippen LogP contribution in [0.1, 0.15) is 67.8 Å². The number of carbonyl (C=O) groups is 5. The molecule has 4 amide bonds. The summed E-state index contributed by atoms with van der Waals surface area (Å²) in [7, 11) is 0. The van der Waals surface area contributed by atoms with Gasteiger partial charge in [0.05, 0.1) is 34.3 Å². The van der Waals surface area contributed by atoms with Crippen molar-refractivity contribution in [3.05, 3.63) is 29.3 Å². The van der Waals surface area contributed by atoms with Crippen LogP contribution in [-0.4, -0.2) is 53.2 Å². The zero-order valence-electron chi connectivity index (χ0n) is 20.4. The fourth-order valence-corrected chi connectivity index (χ4v) is 5.62. The third kappa shape index (κ3) is 4.80. The Morgan fingerprint density at radius 2 is 1.92 bits per heavy atom. The van der Waals surface area contributed by atoms with E-state index in [4.69, 9.17) is 0 Å². The molecule has 2 bridgehead atoms. The maximum absolute atomic E-state index is 13.9. The molecule has 0 radical (unpaired) electrons. The maximum atomic E-state index is 13.9. The van der Waals surface area contributed by atoms with E-state index in [1.54, 1.807) is 0 Å². The number of amides is 4. The number of nitrogens with zero attached hydrogens (tertiary/aromatic N) is 1. The summed E-state index contributed by atoms with van der Waals surface area (Å²) in [5.41, 5.74) is -1.88. The highest BCUT2D eigenvalue weighted by Gasteiger charge is 2.72. The van der Waals surface area contributed by atoms with Crippen LogP contribution in [0.5, 0.6) is 0 Å². The van der Waals surface area contributed by atoms with Gasteiger partial charge in [0.15, 0.2) is 0 Å². The molecule has 4 N–H and O–H groups in total. The van der Waals surface area contributed by atoms with Crippen molar-refractivity contribution in [3.63, 3.8) is 0 Å². The Kier molecular flexibility index (Phi) is 6.01. The molecule has 11 heteroatoms. The molecule has 6 rings (SSSR count). The molecule has 5 aliphatic rings. The molecule has 3 atom stereocenters. The van der Waals surface area contributed by atoms with Crippen LogP contribution in [0.25, 0.3) is 0 Å². The van der Waals surface area contributed by atoms with E-state index in [0.29, 0.717) is 6.42 Å². The molecule has 5 fully saturated rings. The number of anilines is 1. The Bertz CT molecular complexity index is 1230. The third-order valence-corrected chi connectivity index (χ3v) is 7.76. The van der Waals surface area contributed by atoms with Crippen LogP contribution >= 0.6 is 0 Å². The number of alkyl halides is 1. The van der Waals surface area contributed by atoms with Crippen molar-refractivity contribution < 1.29 is 28.4 Å². The van der Waals surface area contributed by atoms with Crippen molar-refractivity contribution in [3.8, 4) is 6.07 Å². The lowest BCUT2D eigenvalue weighted by Gasteiger charge is -2.64. The topological polar surface area (TPSA) is 157 Å². The van der Waals surface area contributed by atoms with Crippen molar-refractivity contribution >= 4 is 35.1 Å². The van der Waals surface area contributed by atoms with Crippen LogP contribution in [0.3, 0.4) is 0 Å². The average Bonchev–Trinajstić information content (AvgIpc) is 3.57. The predicted octanol–water partition coefficient (Wildman–Crippen LogP) is 1.25. The summed E-state index contributed by atoms with van der Waals surface area (Å²) >= 11 is 0. The third-order valence-electron chi connectivity index (χ3n) is 7.76. The van der Waals surface area contributed by atoms with Gasteiger partial charge in [-0.3, -0.25) is 24.0 Å². The van der Waals surface area contributed by atoms with Gasteiger partial charge in [-0.1, -0.05) is 0 Å². The van der Waals surface area contributed by atoms with Gasteiger partial charge < -0.3 is 21.3 Å². The minimum atomic E-state index is -1.29. The lowest BCUT2D eigenvalue weighted by atomic mass is 9.42. The predicted molar refractivity (Wildman–Crippen MR) is 128 cm³/mol. The highest BCUT2D eigenvalue weighted by atomic mass is 19.1. The first-order valence-corrected chi connectivity index (χ1v) is 12.5. The summed E-state index contributed by atoms with van der Waals surface area (Å²) in [6, 6.07) is 4.59. The molecule has 4 aliphatic carbocycles. The van der Waals surface area contributed by atoms with Crippen molar-refractivity contribution in [1.82, 2.24) is 16.0 Å². The highest BCUT2D eigenvalue weighted by molar-refractivity contribution is 6.38. The van der Waals surface area contributed by atoms with E-state index in [-0.39, 0.29) is 60.5 Å². The van der Waals surface area contributed by atoms with Crippen molar-refractivity contribution in [2.75, 3.05) is 5.32 Å². The fraction of sp³-hybridized carbons (Fsp3) is 0.538. The highest BCUT2D eigenvalue weighted by Crippen LogP contribution is 2.69. The van der Waals surface area contributed by atoms with Crippen LogP contribution in [0.4, 0.5) is 10.1 Å². The van der Waals surface area contributed by atoms with Crippen LogP contribution in [-0.2, 0) is 19.2 Å². The van der Waals surface area contributed by atoms with Crippen LogP contribution < -0.4 is 21.3 Å². The molecule has 4 saturated carbocycles. The monoisotopic (exact) mass is 509 g/mol. The molecule has 1 heterocycles. The van der Waals surface area contributed by atoms with Gasteiger partial charge in [-0.2, -0.15) is 5.26 Å². The normalized spacial score (nSPS) is 30.0. The van der Waals surface area contributed by atoms with Gasteiger partial charge in [0.1, 0.15) is 5.67 Å². The molecule has 1 aromatic rings. The second-order valence-corrected chi connectivity index (χ2v) is 11.0. The number of hydrogen-bond donors (Lipinski definition) is 4. The summed E-state index contributed by atoms with van der Waals surface area (Å²) in [6.07, 6.45) is 2.34. The molecule has 37 heavy (non-hydrogen) atoms. The number of nitrogens with one attached hydrogen (secondary N) is 4. The molecule has 0 spiro atoms. The van der Waals surface area contributed by atoms with Crippen LogP contribution in [0, 0.1) is 22.7 Å². The zero-order valence-corrected chi connectivity index (χ0v) is 20.4. The van der Waals surface area contributed by atoms with Gasteiger partial charge in [-0.05, 0) is 70.1 Å². The quantitative estimate of drug-likeness (QED) is 0.367. The molecule has 1 aromatic carbocycles. The average molecular weight is 510 g/mol. The lowest BCUT2D eigenvalue weighted by molar-refractivity contribution is -0.209. The van der Waals surface area contributed by atoms with Gasteiger partial charge >= 0.3 is 0 Å². The van der Waals surface area contributed by atoms with E-state index in [0.717, 1.165) is 12.8 Å². The van der Waals surface area contributed by atoms with Gasteiger partial charge in [0.25, 0.3) is 11.8 Å². The first kappa shape index (κ1) is 24.9. The van der Waals surface area contributed by atoms with Gasteiger partial charge in [-0.15, -0.1) is 0 Å². The summed E-state index contributed by atoms with van der Waals surface area (Å²) < 4.78 is 13.9. The Hall–Kier alpha value is -3.81. The maximum Gasteiger partial charge on any atom is 0.289 e. The summed E-state index contributed by atoms with van der Waals surface area (Å²) in [4.78, 5) is 64.1. The van der Waals surface area contributed by atoms with E-state index in [1.165, 1.54) is 18.2 Å². The number of halogens is 1. The number of rotatable bonds is 9. The van der Waals surface area contributed by atoms with Crippen LogP contribution in [0.15, 0.2) is 18.2 Å². The number of nitriles is 1. The second kappa shape index (κ2) is 8.94. The molecule has 1 saturated heterocycles. The molecule has 10 nitrogen and oxygen atoms in total. The van der Waals surface area contributed by atoms with E-state index >= 15 is 0 Å². The smallest absolute Gasteiger partial charge is 0.289 e. The van der Waals surface area contributed by atoms with E-state index < -0.39 is 46.5 Å². The number of hydrogen-bond acceptors (Lipinski definition) is 6. The Labute approximate surface area is 212 Å². The molecular weight excluding hydrogens is 481 g/mol. The molecular formula is C26H28FN5O5. The Morgan fingerprint density at radius 1 is 1.22 bits per heavy atom. The number of Topliss-reactive ketones (excluding diaryl/α,β-unsaturated/α-hetero) is 1. The van der Waals surface area contributed by atoms with E-state index in [9.17, 15) is 33.6 Å². The molecule has 0 aromatic heterocycles. The zero-order chi connectivity index (χ0) is 26.5. The van der Waals surface area contributed by atoms with Crippen molar-refractivity contribution in [1.29, 1.82) is 5.26 Å². The lowest BCUT2D eigenvalue weighted by Crippen LogP contribution is -2.69. The summed E-state index contributed by atoms with van der Waals surface area (Å²) in [6.45, 7) is 1.83.